The summed E-state index contributed by atoms with van der Waals surface area (Å²) in [5.74, 6) is 6.22. The third-order valence-electron chi connectivity index (χ3n) is 1.86. The van der Waals surface area contributed by atoms with Crippen molar-refractivity contribution in [3.63, 3.8) is 0 Å². The van der Waals surface area contributed by atoms with Gasteiger partial charge in [-0.15, -0.1) is 0 Å². The molecule has 16 heavy (non-hydrogen) atoms. The van der Waals surface area contributed by atoms with E-state index in [0.29, 0.717) is 5.76 Å². The quantitative estimate of drug-likeness (QED) is 0.539. The Balaban J connectivity index is 3.02. The highest BCUT2D eigenvalue weighted by Crippen LogP contribution is 2.16. The van der Waals surface area contributed by atoms with Gasteiger partial charge in [-0.25, -0.2) is 4.79 Å². The first-order valence-corrected chi connectivity index (χ1v) is 5.05. The number of rotatable bonds is 1. The number of ether oxygens (including phenoxy) is 1. The van der Waals surface area contributed by atoms with Gasteiger partial charge in [0.1, 0.15) is 0 Å². The molecule has 0 aliphatic rings. The van der Waals surface area contributed by atoms with E-state index in [1.165, 1.54) is 7.11 Å². The summed E-state index contributed by atoms with van der Waals surface area (Å²) in [4.78, 5) is 11.2. The fourth-order valence-corrected chi connectivity index (χ4v) is 1.05. The fourth-order valence-electron chi connectivity index (χ4n) is 1.05. The molecule has 1 aromatic rings. The molecule has 0 atom stereocenters. The van der Waals surface area contributed by atoms with Crippen LogP contribution in [-0.4, -0.2) is 13.1 Å². The Hall–Kier alpha value is -1.69. The molecule has 0 spiro atoms. The molecular weight excluding hydrogens is 204 g/mol. The zero-order valence-electron chi connectivity index (χ0n) is 10.3. The minimum absolute atomic E-state index is 0.0926. The zero-order valence-corrected chi connectivity index (χ0v) is 10.3. The van der Waals surface area contributed by atoms with Crippen LogP contribution < -0.4 is 0 Å². The van der Waals surface area contributed by atoms with Crippen molar-refractivity contribution < 1.29 is 13.9 Å². The van der Waals surface area contributed by atoms with Gasteiger partial charge in [0.15, 0.2) is 5.76 Å². The lowest BCUT2D eigenvalue weighted by Gasteiger charge is -2.06. The summed E-state index contributed by atoms with van der Waals surface area (Å²) in [6, 6.07) is 1.64. The van der Waals surface area contributed by atoms with Gasteiger partial charge in [0, 0.05) is 11.0 Å². The molecule has 3 nitrogen and oxygen atoms in total. The molecule has 0 saturated heterocycles. The SMILES string of the molecule is COC(=O)c1cc(C)c(C#CC(C)(C)C)o1. The van der Waals surface area contributed by atoms with E-state index in [4.69, 9.17) is 4.42 Å². The smallest absolute Gasteiger partial charge is 0.374 e. The van der Waals surface area contributed by atoms with Gasteiger partial charge in [0.05, 0.1) is 7.11 Å². The molecule has 1 rings (SSSR count). The lowest BCUT2D eigenvalue weighted by atomic mass is 9.98. The summed E-state index contributed by atoms with van der Waals surface area (Å²) in [7, 11) is 1.32. The molecule has 0 radical (unpaired) electrons. The highest BCUT2D eigenvalue weighted by molar-refractivity contribution is 5.86. The van der Waals surface area contributed by atoms with Crippen molar-refractivity contribution in [2.75, 3.05) is 7.11 Å². The van der Waals surface area contributed by atoms with Crippen LogP contribution in [0.1, 0.15) is 42.6 Å². The normalized spacial score (nSPS) is 10.6. The second kappa shape index (κ2) is 4.44. The van der Waals surface area contributed by atoms with Gasteiger partial charge in [-0.2, -0.15) is 0 Å². The molecule has 0 N–H and O–H groups in total. The average Bonchev–Trinajstić information content (AvgIpc) is 2.54. The van der Waals surface area contributed by atoms with E-state index < -0.39 is 5.97 Å². The molecule has 1 aromatic heterocycles. The Morgan fingerprint density at radius 1 is 1.44 bits per heavy atom. The number of hydrogen-bond donors (Lipinski definition) is 0. The van der Waals surface area contributed by atoms with Crippen LogP contribution >= 0.6 is 0 Å². The van der Waals surface area contributed by atoms with Crippen LogP contribution in [0.2, 0.25) is 0 Å². The second-order valence-electron chi connectivity index (χ2n) is 4.61. The average molecular weight is 220 g/mol. The lowest BCUT2D eigenvalue weighted by molar-refractivity contribution is 0.0564. The highest BCUT2D eigenvalue weighted by Gasteiger charge is 2.13. The molecule has 0 aliphatic heterocycles. The minimum atomic E-state index is -0.480. The molecule has 0 saturated carbocycles. The molecular formula is C13H16O3. The largest absolute Gasteiger partial charge is 0.463 e. The van der Waals surface area contributed by atoms with Gasteiger partial charge in [-0.1, -0.05) is 5.92 Å². The van der Waals surface area contributed by atoms with Crippen LogP contribution in [0.4, 0.5) is 0 Å². The molecule has 0 bridgehead atoms. The molecule has 86 valence electrons. The monoisotopic (exact) mass is 220 g/mol. The maximum atomic E-state index is 11.2. The molecule has 3 heteroatoms. The van der Waals surface area contributed by atoms with Crippen LogP contribution in [0, 0.1) is 24.2 Å². The lowest BCUT2D eigenvalue weighted by Crippen LogP contribution is -1.99. The third kappa shape index (κ3) is 3.16. The maximum Gasteiger partial charge on any atom is 0.374 e. The Morgan fingerprint density at radius 3 is 2.56 bits per heavy atom. The van der Waals surface area contributed by atoms with Crippen LogP contribution in [0.15, 0.2) is 10.5 Å². The van der Waals surface area contributed by atoms with Crippen LogP contribution in [-0.2, 0) is 4.74 Å². The third-order valence-corrected chi connectivity index (χ3v) is 1.86. The Labute approximate surface area is 95.8 Å². The van der Waals surface area contributed by atoms with Crippen LogP contribution in [0.25, 0.3) is 0 Å². The summed E-state index contributed by atoms with van der Waals surface area (Å²) < 4.78 is 9.88. The van der Waals surface area contributed by atoms with Crippen LogP contribution in [0.5, 0.6) is 0 Å². The first-order chi connectivity index (χ1) is 7.33. The molecule has 0 aromatic carbocycles. The Bertz CT molecular complexity index is 450. The van der Waals surface area contributed by atoms with Crippen molar-refractivity contribution in [3.05, 3.63) is 23.2 Å². The van der Waals surface area contributed by atoms with E-state index in [0.717, 1.165) is 5.56 Å². The zero-order chi connectivity index (χ0) is 12.3. The predicted octanol–water partition coefficient (Wildman–Crippen LogP) is 2.77. The number of methoxy groups -OCH3 is 1. The Morgan fingerprint density at radius 2 is 2.06 bits per heavy atom. The topological polar surface area (TPSA) is 39.4 Å². The van der Waals surface area contributed by atoms with Crippen molar-refractivity contribution in [3.8, 4) is 11.8 Å². The van der Waals surface area contributed by atoms with E-state index in [-0.39, 0.29) is 11.2 Å². The summed E-state index contributed by atoms with van der Waals surface area (Å²) in [5, 5.41) is 0. The van der Waals surface area contributed by atoms with E-state index in [1.807, 2.05) is 27.7 Å². The van der Waals surface area contributed by atoms with E-state index >= 15 is 0 Å². The van der Waals surface area contributed by atoms with Crippen molar-refractivity contribution in [2.45, 2.75) is 27.7 Å². The molecule has 0 unspecified atom stereocenters. The van der Waals surface area contributed by atoms with Gasteiger partial charge < -0.3 is 9.15 Å². The van der Waals surface area contributed by atoms with Gasteiger partial charge in [-0.05, 0) is 39.7 Å². The molecule has 0 amide bonds. The van der Waals surface area contributed by atoms with Crippen LogP contribution in [0.3, 0.4) is 0 Å². The number of furan rings is 1. The summed E-state index contributed by atoms with van der Waals surface area (Å²) in [6.07, 6.45) is 0. The molecule has 0 aliphatic carbocycles. The predicted molar refractivity (Wildman–Crippen MR) is 61.1 cm³/mol. The van der Waals surface area contributed by atoms with Gasteiger partial charge in [0.2, 0.25) is 5.76 Å². The van der Waals surface area contributed by atoms with Crippen molar-refractivity contribution in [1.29, 1.82) is 0 Å². The number of aryl methyl sites for hydroxylation is 1. The Kier molecular flexibility index (Phi) is 3.44. The fraction of sp³-hybridized carbons (Fsp3) is 0.462. The van der Waals surface area contributed by atoms with Crippen molar-refractivity contribution >= 4 is 5.97 Å². The first-order valence-electron chi connectivity index (χ1n) is 5.05. The van der Waals surface area contributed by atoms with E-state index in [9.17, 15) is 4.79 Å². The van der Waals surface area contributed by atoms with E-state index in [2.05, 4.69) is 16.6 Å². The maximum absolute atomic E-state index is 11.2. The van der Waals surface area contributed by atoms with Gasteiger partial charge in [0.25, 0.3) is 0 Å². The highest BCUT2D eigenvalue weighted by atomic mass is 16.5. The van der Waals surface area contributed by atoms with Crippen molar-refractivity contribution in [2.24, 2.45) is 5.41 Å². The number of hydrogen-bond acceptors (Lipinski definition) is 3. The first kappa shape index (κ1) is 12.4. The summed E-state index contributed by atoms with van der Waals surface area (Å²) >= 11 is 0. The summed E-state index contributed by atoms with van der Waals surface area (Å²) in [5.41, 5.74) is 0.752. The summed E-state index contributed by atoms with van der Waals surface area (Å²) in [6.45, 7) is 7.89. The molecule has 0 fully saturated rings. The van der Waals surface area contributed by atoms with E-state index in [1.54, 1.807) is 6.07 Å². The van der Waals surface area contributed by atoms with Crippen molar-refractivity contribution in [1.82, 2.24) is 0 Å². The number of carbonyl (C=O) groups excluding carboxylic acids is 1. The van der Waals surface area contributed by atoms with Gasteiger partial charge >= 0.3 is 5.97 Å². The standard InChI is InChI=1S/C13H16O3/c1-9-8-11(12(14)15-5)16-10(9)6-7-13(2,3)4/h8H,1-5H3. The molecule has 1 heterocycles. The second-order valence-corrected chi connectivity index (χ2v) is 4.61. The number of carbonyl (C=O) groups is 1. The number of esters is 1. The van der Waals surface area contributed by atoms with Gasteiger partial charge in [-0.3, -0.25) is 0 Å². The minimum Gasteiger partial charge on any atom is -0.463 e.